The lowest BCUT2D eigenvalue weighted by atomic mass is 10.1. The predicted molar refractivity (Wildman–Crippen MR) is 48.8 cm³/mol. The van der Waals surface area contributed by atoms with E-state index in [1.807, 2.05) is 0 Å². The molecule has 1 aliphatic heterocycles. The quantitative estimate of drug-likeness (QED) is 0.608. The van der Waals surface area contributed by atoms with Crippen LogP contribution in [0.4, 0.5) is 18.0 Å². The highest BCUT2D eigenvalue weighted by Crippen LogP contribution is 2.30. The molecular weight excluding hydrogens is 239 g/mol. The summed E-state index contributed by atoms with van der Waals surface area (Å²) >= 11 is 0. The molecule has 0 aliphatic carbocycles. The van der Waals surface area contributed by atoms with Crippen molar-refractivity contribution in [2.24, 2.45) is 0 Å². The molecule has 0 radical (unpaired) electrons. The Morgan fingerprint density at radius 3 is 2.12 bits per heavy atom. The van der Waals surface area contributed by atoms with Gasteiger partial charge in [-0.2, -0.15) is 13.2 Å². The molecule has 0 aromatic heterocycles. The number of esters is 1. The third-order valence-corrected chi connectivity index (χ3v) is 2.26. The average Bonchev–Trinajstić information content (AvgIpc) is 2.57. The molecule has 1 heterocycles. The van der Waals surface area contributed by atoms with Gasteiger partial charge in [0.25, 0.3) is 0 Å². The molecule has 2 rings (SSSR count). The number of carbonyl (C=O) groups is 2. The number of alkyl halides is 3. The van der Waals surface area contributed by atoms with Crippen LogP contribution in [0.1, 0.15) is 17.2 Å². The van der Waals surface area contributed by atoms with Crippen LogP contribution in [0.2, 0.25) is 0 Å². The number of cyclic esters (lactones) is 2. The summed E-state index contributed by atoms with van der Waals surface area (Å²) in [6.07, 6.45) is -5.34. The smallest absolute Gasteiger partial charge is 0.374 e. The Labute approximate surface area is 93.4 Å². The molecule has 0 spiro atoms. The molecule has 1 unspecified atom stereocenters. The number of halogens is 3. The summed E-state index contributed by atoms with van der Waals surface area (Å²) < 4.78 is 41.0. The van der Waals surface area contributed by atoms with Crippen LogP contribution in [0.5, 0.6) is 0 Å². The molecule has 1 aromatic rings. The van der Waals surface area contributed by atoms with E-state index < -0.39 is 29.8 Å². The normalized spacial score (nSPS) is 20.1. The molecule has 1 N–H and O–H groups in total. The second-order valence-corrected chi connectivity index (χ2v) is 3.41. The lowest BCUT2D eigenvalue weighted by Gasteiger charge is -2.09. The third kappa shape index (κ3) is 2.22. The lowest BCUT2D eigenvalue weighted by Crippen LogP contribution is -2.20. The second-order valence-electron chi connectivity index (χ2n) is 3.41. The van der Waals surface area contributed by atoms with Gasteiger partial charge in [-0.3, -0.25) is 0 Å². The van der Waals surface area contributed by atoms with Crippen molar-refractivity contribution in [2.45, 2.75) is 12.2 Å². The Morgan fingerprint density at radius 2 is 1.71 bits per heavy atom. The number of benzene rings is 1. The fourth-order valence-electron chi connectivity index (χ4n) is 1.44. The summed E-state index contributed by atoms with van der Waals surface area (Å²) in [7, 11) is 0. The van der Waals surface area contributed by atoms with Crippen molar-refractivity contribution in [2.75, 3.05) is 0 Å². The van der Waals surface area contributed by atoms with Crippen molar-refractivity contribution in [1.82, 2.24) is 5.32 Å². The first kappa shape index (κ1) is 11.4. The molecule has 1 aromatic carbocycles. The minimum Gasteiger partial charge on any atom is -0.374 e. The second kappa shape index (κ2) is 3.76. The summed E-state index contributed by atoms with van der Waals surface area (Å²) in [6, 6.07) is 2.89. The van der Waals surface area contributed by atoms with Crippen LogP contribution in [0.15, 0.2) is 24.3 Å². The summed E-state index contributed by atoms with van der Waals surface area (Å²) in [5.41, 5.74) is -0.576. The predicted octanol–water partition coefficient (Wildman–Crippen LogP) is 2.01. The maximum Gasteiger partial charge on any atom is 0.416 e. The van der Waals surface area contributed by atoms with Crippen LogP contribution in [0, 0.1) is 0 Å². The average molecular weight is 245 g/mol. The van der Waals surface area contributed by atoms with E-state index in [0.29, 0.717) is 0 Å². The molecule has 4 nitrogen and oxygen atoms in total. The number of amides is 1. The Bertz CT molecular complexity index is 467. The standard InChI is InChI=1S/C10H6F3NO3/c11-10(12,13)6-3-1-5(2-4-6)7-8(15)17-9(16)14-7/h1-4,7H,(H,14,16). The zero-order chi connectivity index (χ0) is 12.6. The van der Waals surface area contributed by atoms with Crippen molar-refractivity contribution >= 4 is 12.1 Å². The maximum atomic E-state index is 12.3. The van der Waals surface area contributed by atoms with Gasteiger partial charge in [0.15, 0.2) is 6.04 Å². The monoisotopic (exact) mass is 245 g/mol. The highest BCUT2D eigenvalue weighted by Gasteiger charge is 2.35. The first-order valence-corrected chi connectivity index (χ1v) is 4.57. The van der Waals surface area contributed by atoms with E-state index in [-0.39, 0.29) is 5.56 Å². The number of hydrogen-bond acceptors (Lipinski definition) is 3. The summed E-state index contributed by atoms with van der Waals surface area (Å²) in [4.78, 5) is 21.9. The zero-order valence-electron chi connectivity index (χ0n) is 8.25. The first-order chi connectivity index (χ1) is 7.88. The van der Waals surface area contributed by atoms with E-state index >= 15 is 0 Å². The fourth-order valence-corrected chi connectivity index (χ4v) is 1.44. The Morgan fingerprint density at radius 1 is 1.12 bits per heavy atom. The molecule has 0 saturated carbocycles. The van der Waals surface area contributed by atoms with Gasteiger partial charge in [-0.05, 0) is 17.7 Å². The number of rotatable bonds is 1. The molecule has 1 aliphatic rings. The van der Waals surface area contributed by atoms with E-state index in [2.05, 4.69) is 10.1 Å². The van der Waals surface area contributed by atoms with Gasteiger partial charge < -0.3 is 10.1 Å². The van der Waals surface area contributed by atoms with Gasteiger partial charge in [0.2, 0.25) is 0 Å². The van der Waals surface area contributed by atoms with Gasteiger partial charge in [0.05, 0.1) is 5.56 Å². The van der Waals surface area contributed by atoms with Gasteiger partial charge in [-0.1, -0.05) is 12.1 Å². The minimum atomic E-state index is -4.43. The van der Waals surface area contributed by atoms with E-state index in [9.17, 15) is 22.8 Å². The largest absolute Gasteiger partial charge is 0.416 e. The maximum absolute atomic E-state index is 12.3. The van der Waals surface area contributed by atoms with Crippen molar-refractivity contribution in [3.8, 4) is 0 Å². The molecular formula is C10H6F3NO3. The molecule has 1 saturated heterocycles. The van der Waals surface area contributed by atoms with Crippen molar-refractivity contribution in [3.05, 3.63) is 35.4 Å². The van der Waals surface area contributed by atoms with Crippen LogP contribution in [-0.4, -0.2) is 12.1 Å². The summed E-state index contributed by atoms with van der Waals surface area (Å²) in [6.45, 7) is 0. The fraction of sp³-hybridized carbons (Fsp3) is 0.200. The minimum absolute atomic E-state index is 0.244. The van der Waals surface area contributed by atoms with Gasteiger partial charge in [0, 0.05) is 0 Å². The highest BCUT2D eigenvalue weighted by atomic mass is 19.4. The zero-order valence-corrected chi connectivity index (χ0v) is 8.25. The Kier molecular flexibility index (Phi) is 2.53. The van der Waals surface area contributed by atoms with Gasteiger partial charge >= 0.3 is 18.2 Å². The van der Waals surface area contributed by atoms with Crippen LogP contribution in [0.25, 0.3) is 0 Å². The molecule has 17 heavy (non-hydrogen) atoms. The number of nitrogens with one attached hydrogen (secondary N) is 1. The van der Waals surface area contributed by atoms with Gasteiger partial charge in [-0.25, -0.2) is 9.59 Å². The van der Waals surface area contributed by atoms with E-state index in [0.717, 1.165) is 24.3 Å². The van der Waals surface area contributed by atoms with Gasteiger partial charge in [-0.15, -0.1) is 0 Å². The van der Waals surface area contributed by atoms with Crippen molar-refractivity contribution < 1.29 is 27.5 Å². The first-order valence-electron chi connectivity index (χ1n) is 4.57. The molecule has 7 heteroatoms. The molecule has 1 amide bonds. The van der Waals surface area contributed by atoms with Crippen molar-refractivity contribution in [3.63, 3.8) is 0 Å². The van der Waals surface area contributed by atoms with Crippen LogP contribution in [0.3, 0.4) is 0 Å². The highest BCUT2D eigenvalue weighted by molar-refractivity contribution is 5.96. The molecule has 1 atom stereocenters. The number of alkyl carbamates (subject to hydrolysis) is 1. The SMILES string of the molecule is O=C1NC(c2ccc(C(F)(F)F)cc2)C(=O)O1. The number of carbonyl (C=O) groups excluding carboxylic acids is 2. The van der Waals surface area contributed by atoms with E-state index in [4.69, 9.17) is 0 Å². The Hall–Kier alpha value is -2.05. The number of hydrogen-bond donors (Lipinski definition) is 1. The molecule has 1 fully saturated rings. The van der Waals surface area contributed by atoms with E-state index in [1.165, 1.54) is 0 Å². The summed E-state index contributed by atoms with van der Waals surface area (Å²) in [5, 5.41) is 2.19. The molecule has 0 bridgehead atoms. The molecule has 90 valence electrons. The van der Waals surface area contributed by atoms with Crippen molar-refractivity contribution in [1.29, 1.82) is 0 Å². The summed E-state index contributed by atoms with van der Waals surface area (Å²) in [5.74, 6) is -0.824. The van der Waals surface area contributed by atoms with Crippen LogP contribution < -0.4 is 5.32 Å². The van der Waals surface area contributed by atoms with Crippen LogP contribution in [-0.2, 0) is 15.7 Å². The van der Waals surface area contributed by atoms with Gasteiger partial charge in [0.1, 0.15) is 0 Å². The third-order valence-electron chi connectivity index (χ3n) is 2.26. The Balaban J connectivity index is 2.24. The number of ether oxygens (including phenoxy) is 1. The lowest BCUT2D eigenvalue weighted by molar-refractivity contribution is -0.137. The topological polar surface area (TPSA) is 55.4 Å². The van der Waals surface area contributed by atoms with Crippen LogP contribution >= 0.6 is 0 Å². The van der Waals surface area contributed by atoms with E-state index in [1.54, 1.807) is 0 Å².